The fourth-order valence-electron chi connectivity index (χ4n) is 5.42. The molecule has 258 valence electrons. The summed E-state index contributed by atoms with van der Waals surface area (Å²) < 4.78 is 36.8. The first-order chi connectivity index (χ1) is 22.4. The second kappa shape index (κ2) is 22.1. The zero-order valence-corrected chi connectivity index (χ0v) is 28.9. The minimum atomic E-state index is -3.64. The molecular formula is C34H56N5O6P. The van der Waals surface area contributed by atoms with Crippen LogP contribution in [0.1, 0.15) is 110 Å². The Kier molecular flexibility index (Phi) is 18.2. The van der Waals surface area contributed by atoms with Crippen molar-refractivity contribution in [2.45, 2.75) is 122 Å². The standard InChI is InChI=1S/C34H56N5O6P/c1-3-4-5-6-7-8-9-10-11-12-13-14-15-17-20-29(2)43-25-26-44-46(41,45-30-21-18-16-19-22-30)28-42-24-23-39-27-36-31-32(39)37-34(35)38-33(31)40/h16,18-19,21-22,27,29,31H,3-15,17,20,23-26,28H2,1-2H3,(H2,35,38,40). The van der Waals surface area contributed by atoms with Crippen molar-refractivity contribution in [3.8, 4) is 5.75 Å². The topological polar surface area (TPSA) is 137 Å². The maximum atomic E-state index is 13.6. The number of hydrogen-bond donors (Lipinski definition) is 1. The number of carbonyl (C=O) groups excluding carboxylic acids is 1. The lowest BCUT2D eigenvalue weighted by Gasteiger charge is -2.22. The molecule has 0 bridgehead atoms. The van der Waals surface area contributed by atoms with Crippen molar-refractivity contribution in [2.24, 2.45) is 20.7 Å². The van der Waals surface area contributed by atoms with Crippen LogP contribution >= 0.6 is 7.60 Å². The molecular weight excluding hydrogens is 605 g/mol. The van der Waals surface area contributed by atoms with Gasteiger partial charge in [0.25, 0.3) is 5.91 Å². The predicted molar refractivity (Wildman–Crippen MR) is 185 cm³/mol. The zero-order valence-electron chi connectivity index (χ0n) is 28.0. The van der Waals surface area contributed by atoms with Crippen LogP contribution in [0.5, 0.6) is 5.75 Å². The van der Waals surface area contributed by atoms with Crippen molar-refractivity contribution in [2.75, 3.05) is 32.7 Å². The molecule has 0 aliphatic carbocycles. The van der Waals surface area contributed by atoms with Gasteiger partial charge in [0.1, 0.15) is 11.6 Å². The second-order valence-corrected chi connectivity index (χ2v) is 14.0. The molecule has 0 aromatic heterocycles. The molecule has 46 heavy (non-hydrogen) atoms. The van der Waals surface area contributed by atoms with E-state index >= 15 is 0 Å². The zero-order chi connectivity index (χ0) is 32.9. The Morgan fingerprint density at radius 2 is 1.50 bits per heavy atom. The average molecular weight is 662 g/mol. The molecule has 0 radical (unpaired) electrons. The number of amides is 1. The number of nitrogens with zero attached hydrogens (tertiary/aromatic N) is 4. The van der Waals surface area contributed by atoms with Crippen molar-refractivity contribution >= 4 is 31.6 Å². The highest BCUT2D eigenvalue weighted by Gasteiger charge is 2.35. The van der Waals surface area contributed by atoms with Crippen LogP contribution in [-0.4, -0.2) is 73.8 Å². The number of nitrogens with two attached hydrogens (primary N) is 1. The van der Waals surface area contributed by atoms with E-state index < -0.39 is 19.5 Å². The number of carbonyl (C=O) groups is 1. The fourth-order valence-corrected chi connectivity index (χ4v) is 6.75. The van der Waals surface area contributed by atoms with Gasteiger partial charge in [0, 0.05) is 6.54 Å². The van der Waals surface area contributed by atoms with Gasteiger partial charge in [-0.05, 0) is 25.5 Å². The third-order valence-corrected chi connectivity index (χ3v) is 9.60. The molecule has 0 fully saturated rings. The van der Waals surface area contributed by atoms with Crippen LogP contribution in [0, 0.1) is 0 Å². The molecule has 3 rings (SSSR count). The summed E-state index contributed by atoms with van der Waals surface area (Å²) >= 11 is 0. The highest BCUT2D eigenvalue weighted by Crippen LogP contribution is 2.48. The molecule has 2 aliphatic rings. The molecule has 2 N–H and O–H groups in total. The third-order valence-electron chi connectivity index (χ3n) is 8.03. The summed E-state index contributed by atoms with van der Waals surface area (Å²) in [7, 11) is -3.64. The maximum Gasteiger partial charge on any atom is 0.404 e. The maximum absolute atomic E-state index is 13.6. The summed E-state index contributed by atoms with van der Waals surface area (Å²) in [4.78, 5) is 25.6. The minimum Gasteiger partial charge on any atom is -0.423 e. The molecule has 12 heteroatoms. The SMILES string of the molecule is CCCCCCCCCCCCCCCCC(C)OCCOP(=O)(COCCN1C=NC2C(=O)N=C(N)N=C21)Oc1ccccc1. The van der Waals surface area contributed by atoms with Crippen LogP contribution in [0.3, 0.4) is 0 Å². The van der Waals surface area contributed by atoms with Crippen molar-refractivity contribution in [1.29, 1.82) is 0 Å². The molecule has 3 unspecified atom stereocenters. The lowest BCUT2D eigenvalue weighted by molar-refractivity contribution is -0.117. The Morgan fingerprint density at radius 1 is 0.870 bits per heavy atom. The lowest BCUT2D eigenvalue weighted by Crippen LogP contribution is -2.41. The Morgan fingerprint density at radius 3 is 2.15 bits per heavy atom. The van der Waals surface area contributed by atoms with Gasteiger partial charge in [0.15, 0.2) is 12.4 Å². The number of hydrogen-bond acceptors (Lipinski definition) is 10. The minimum absolute atomic E-state index is 0.0991. The predicted octanol–water partition coefficient (Wildman–Crippen LogP) is 7.49. The van der Waals surface area contributed by atoms with Crippen LogP contribution in [0.25, 0.3) is 0 Å². The summed E-state index contributed by atoms with van der Waals surface area (Å²) in [5, 5.41) is 0. The number of amidine groups is 1. The van der Waals surface area contributed by atoms with Crippen LogP contribution in [0.15, 0.2) is 45.3 Å². The summed E-state index contributed by atoms with van der Waals surface area (Å²) in [6.07, 6.45) is 21.2. The van der Waals surface area contributed by atoms with Crippen LogP contribution in [0.4, 0.5) is 0 Å². The Bertz CT molecular complexity index is 1150. The van der Waals surface area contributed by atoms with Crippen molar-refractivity contribution < 1.29 is 27.9 Å². The van der Waals surface area contributed by atoms with Gasteiger partial charge in [0.05, 0.1) is 32.3 Å². The molecule has 3 atom stereocenters. The van der Waals surface area contributed by atoms with E-state index in [4.69, 9.17) is 24.3 Å². The molecule has 2 heterocycles. The van der Waals surface area contributed by atoms with Crippen LogP contribution in [0.2, 0.25) is 0 Å². The monoisotopic (exact) mass is 661 g/mol. The molecule has 0 saturated carbocycles. The van der Waals surface area contributed by atoms with E-state index in [0.29, 0.717) is 24.7 Å². The number of benzene rings is 1. The molecule has 1 aromatic carbocycles. The number of fused-ring (bicyclic) bond motifs is 1. The fraction of sp³-hybridized carbons (Fsp3) is 0.706. The number of para-hydroxylation sites is 1. The number of rotatable bonds is 27. The van der Waals surface area contributed by atoms with E-state index in [0.717, 1.165) is 12.8 Å². The van der Waals surface area contributed by atoms with Gasteiger partial charge in [-0.15, -0.1) is 0 Å². The largest absolute Gasteiger partial charge is 0.423 e. The van der Waals surface area contributed by atoms with Gasteiger partial charge in [-0.3, -0.25) is 14.3 Å². The molecule has 0 saturated heterocycles. The van der Waals surface area contributed by atoms with Crippen molar-refractivity contribution in [3.05, 3.63) is 30.3 Å². The Hall–Kier alpha value is -2.59. The Balaban J connectivity index is 1.26. The van der Waals surface area contributed by atoms with Gasteiger partial charge < -0.3 is 24.6 Å². The third kappa shape index (κ3) is 14.9. The van der Waals surface area contributed by atoms with E-state index in [1.807, 2.05) is 6.07 Å². The van der Waals surface area contributed by atoms with E-state index in [1.54, 1.807) is 29.2 Å². The van der Waals surface area contributed by atoms with E-state index in [2.05, 4.69) is 28.8 Å². The van der Waals surface area contributed by atoms with E-state index in [-0.39, 0.29) is 31.6 Å². The van der Waals surface area contributed by atoms with Crippen LogP contribution < -0.4 is 10.3 Å². The molecule has 1 amide bonds. The van der Waals surface area contributed by atoms with E-state index in [9.17, 15) is 9.36 Å². The first kappa shape index (κ1) is 37.9. The average Bonchev–Trinajstić information content (AvgIpc) is 3.45. The lowest BCUT2D eigenvalue weighted by atomic mass is 10.0. The van der Waals surface area contributed by atoms with Gasteiger partial charge in [-0.2, -0.15) is 9.98 Å². The molecule has 11 nitrogen and oxygen atoms in total. The van der Waals surface area contributed by atoms with Crippen LogP contribution in [-0.2, 0) is 23.4 Å². The highest BCUT2D eigenvalue weighted by molar-refractivity contribution is 7.54. The number of ether oxygens (including phenoxy) is 2. The number of guanidine groups is 1. The summed E-state index contributed by atoms with van der Waals surface area (Å²) in [6, 6.07) is 8.11. The molecule has 0 spiro atoms. The second-order valence-electron chi connectivity index (χ2n) is 12.1. The first-order valence-electron chi connectivity index (χ1n) is 17.3. The quantitative estimate of drug-likeness (QED) is 0.0756. The number of aliphatic imine (C=N–C) groups is 3. The normalized spacial score (nSPS) is 17.8. The summed E-state index contributed by atoms with van der Waals surface area (Å²) in [5.74, 6) is 0.285. The van der Waals surface area contributed by atoms with E-state index in [1.165, 1.54) is 89.8 Å². The highest BCUT2D eigenvalue weighted by atomic mass is 31.2. The van der Waals surface area contributed by atoms with Gasteiger partial charge >= 0.3 is 7.60 Å². The summed E-state index contributed by atoms with van der Waals surface area (Å²) in [5.41, 5.74) is 5.63. The van der Waals surface area contributed by atoms with Crippen molar-refractivity contribution in [1.82, 2.24) is 4.90 Å². The Labute approximate surface area is 276 Å². The smallest absolute Gasteiger partial charge is 0.404 e. The summed E-state index contributed by atoms with van der Waals surface area (Å²) in [6.45, 7) is 5.26. The molecule has 1 aromatic rings. The van der Waals surface area contributed by atoms with Gasteiger partial charge in [0.2, 0.25) is 5.96 Å². The van der Waals surface area contributed by atoms with Gasteiger partial charge in [-0.25, -0.2) is 4.57 Å². The van der Waals surface area contributed by atoms with Crippen molar-refractivity contribution in [3.63, 3.8) is 0 Å². The first-order valence-corrected chi connectivity index (χ1v) is 19.1. The molecule has 2 aliphatic heterocycles. The van der Waals surface area contributed by atoms with Gasteiger partial charge in [-0.1, -0.05) is 115 Å². The number of unbranched alkanes of at least 4 members (excludes halogenated alkanes) is 13.